The Bertz CT molecular complexity index is 940. The minimum absolute atomic E-state index is 0.170. The molecule has 7 heteroatoms. The molecule has 2 aromatic carbocycles. The second-order valence-electron chi connectivity index (χ2n) is 5.56. The first-order chi connectivity index (χ1) is 12.6. The minimum atomic E-state index is -0.170. The molecule has 0 bridgehead atoms. The highest BCUT2D eigenvalue weighted by atomic mass is 32.2. The van der Waals surface area contributed by atoms with E-state index < -0.39 is 0 Å². The maximum absolute atomic E-state index is 12.1. The van der Waals surface area contributed by atoms with Gasteiger partial charge in [0.2, 0.25) is 5.91 Å². The Morgan fingerprint density at radius 2 is 1.88 bits per heavy atom. The van der Waals surface area contributed by atoms with Crippen molar-refractivity contribution in [3.8, 4) is 0 Å². The Hall–Kier alpha value is -2.64. The fraction of sp³-hybridized carbons (Fsp3) is 0.105. The van der Waals surface area contributed by atoms with Gasteiger partial charge in [-0.15, -0.1) is 11.8 Å². The molecule has 0 spiro atoms. The summed E-state index contributed by atoms with van der Waals surface area (Å²) in [7, 11) is 0. The van der Waals surface area contributed by atoms with E-state index in [4.69, 9.17) is 12.2 Å². The highest BCUT2D eigenvalue weighted by Gasteiger charge is 2.07. The summed E-state index contributed by atoms with van der Waals surface area (Å²) in [5.41, 5.74) is 8.20. The lowest BCUT2D eigenvalue weighted by Gasteiger charge is -2.13. The van der Waals surface area contributed by atoms with Gasteiger partial charge in [0.15, 0.2) is 5.11 Å². The number of hydrogen-bond acceptors (Lipinski definition) is 4. The van der Waals surface area contributed by atoms with Crippen LogP contribution in [0.3, 0.4) is 0 Å². The molecule has 26 heavy (non-hydrogen) atoms. The van der Waals surface area contributed by atoms with Crippen molar-refractivity contribution in [2.24, 2.45) is 0 Å². The third-order valence-corrected chi connectivity index (χ3v) is 4.91. The van der Waals surface area contributed by atoms with Crippen LogP contribution in [-0.2, 0) is 4.79 Å². The fourth-order valence-corrected chi connectivity index (χ4v) is 3.37. The largest absolute Gasteiger partial charge is 0.331 e. The van der Waals surface area contributed by atoms with Crippen LogP contribution in [0.2, 0.25) is 0 Å². The normalized spacial score (nSPS) is 10.3. The van der Waals surface area contributed by atoms with Gasteiger partial charge in [-0.1, -0.05) is 36.4 Å². The van der Waals surface area contributed by atoms with Gasteiger partial charge in [-0.05, 0) is 42.9 Å². The molecule has 132 valence electrons. The van der Waals surface area contributed by atoms with E-state index in [0.717, 1.165) is 27.0 Å². The molecule has 3 N–H and O–H groups in total. The van der Waals surface area contributed by atoms with E-state index >= 15 is 0 Å². The van der Waals surface area contributed by atoms with Crippen molar-refractivity contribution in [2.75, 3.05) is 11.1 Å². The fourth-order valence-electron chi connectivity index (χ4n) is 2.37. The van der Waals surface area contributed by atoms with E-state index in [9.17, 15) is 4.79 Å². The van der Waals surface area contributed by atoms with Crippen molar-refractivity contribution in [3.63, 3.8) is 0 Å². The van der Waals surface area contributed by atoms with E-state index in [2.05, 4.69) is 21.2 Å². The number of nitrogens with zero attached hydrogens (tertiary/aromatic N) is 1. The predicted molar refractivity (Wildman–Crippen MR) is 111 cm³/mol. The molecular formula is C19H18N4OS2. The van der Waals surface area contributed by atoms with Crippen LogP contribution in [0.15, 0.2) is 65.7 Å². The summed E-state index contributed by atoms with van der Waals surface area (Å²) in [6.07, 6.45) is 1.75. The van der Waals surface area contributed by atoms with Crippen molar-refractivity contribution in [1.29, 1.82) is 0 Å². The summed E-state index contributed by atoms with van der Waals surface area (Å²) in [5, 5.41) is 4.45. The lowest BCUT2D eigenvalue weighted by molar-refractivity contribution is -0.119. The van der Waals surface area contributed by atoms with Crippen LogP contribution < -0.4 is 16.2 Å². The van der Waals surface area contributed by atoms with Crippen LogP contribution in [0.25, 0.3) is 10.9 Å². The number of thioether (sulfide) groups is 1. The molecule has 0 unspecified atom stereocenters. The first-order valence-electron chi connectivity index (χ1n) is 8.01. The lowest BCUT2D eigenvalue weighted by Crippen LogP contribution is -2.44. The summed E-state index contributed by atoms with van der Waals surface area (Å²) in [6.45, 7) is 1.98. The predicted octanol–water partition coefficient (Wildman–Crippen LogP) is 3.65. The number of carbonyl (C=O) groups is 1. The van der Waals surface area contributed by atoms with Gasteiger partial charge in [0.05, 0.1) is 11.3 Å². The maximum Gasteiger partial charge on any atom is 0.248 e. The molecule has 1 heterocycles. The molecule has 3 aromatic rings. The Morgan fingerprint density at radius 3 is 2.73 bits per heavy atom. The molecule has 0 saturated carbocycles. The zero-order valence-electron chi connectivity index (χ0n) is 14.2. The molecule has 0 atom stereocenters. The topological polar surface area (TPSA) is 66.0 Å². The van der Waals surface area contributed by atoms with Crippen molar-refractivity contribution in [3.05, 3.63) is 66.4 Å². The van der Waals surface area contributed by atoms with Crippen molar-refractivity contribution < 1.29 is 4.79 Å². The van der Waals surface area contributed by atoms with Crippen LogP contribution in [-0.4, -0.2) is 21.8 Å². The third-order valence-electron chi connectivity index (χ3n) is 3.66. The summed E-state index contributed by atoms with van der Waals surface area (Å²) >= 11 is 6.64. The van der Waals surface area contributed by atoms with Crippen LogP contribution in [0.4, 0.5) is 5.69 Å². The molecule has 5 nitrogen and oxygen atoms in total. The van der Waals surface area contributed by atoms with Gasteiger partial charge < -0.3 is 5.32 Å². The average Bonchev–Trinajstić information content (AvgIpc) is 2.66. The minimum Gasteiger partial charge on any atom is -0.331 e. The Kier molecular flexibility index (Phi) is 6.04. The number of amides is 1. The number of fused-ring (bicyclic) bond motifs is 1. The Morgan fingerprint density at radius 1 is 1.08 bits per heavy atom. The number of hydrazine groups is 1. The van der Waals surface area contributed by atoms with Crippen molar-refractivity contribution in [1.82, 2.24) is 15.8 Å². The SMILES string of the molecule is Cc1ccccc1NC(=S)NNC(=O)CSc1cccc2cccnc12. The van der Waals surface area contributed by atoms with E-state index in [1.165, 1.54) is 11.8 Å². The van der Waals surface area contributed by atoms with E-state index in [1.54, 1.807) is 6.20 Å². The average molecular weight is 383 g/mol. The molecule has 0 aliphatic carbocycles. The number of rotatable bonds is 4. The van der Waals surface area contributed by atoms with Gasteiger partial charge in [-0.2, -0.15) is 0 Å². The summed E-state index contributed by atoms with van der Waals surface area (Å²) < 4.78 is 0. The first-order valence-corrected chi connectivity index (χ1v) is 9.41. The second-order valence-corrected chi connectivity index (χ2v) is 6.99. The molecule has 0 aliphatic heterocycles. The molecule has 0 aliphatic rings. The summed E-state index contributed by atoms with van der Waals surface area (Å²) in [6, 6.07) is 17.6. The van der Waals surface area contributed by atoms with Crippen molar-refractivity contribution in [2.45, 2.75) is 11.8 Å². The van der Waals surface area contributed by atoms with Crippen LogP contribution >= 0.6 is 24.0 Å². The lowest BCUT2D eigenvalue weighted by atomic mass is 10.2. The second kappa shape index (κ2) is 8.64. The molecule has 1 aromatic heterocycles. The summed E-state index contributed by atoms with van der Waals surface area (Å²) in [4.78, 5) is 17.4. The zero-order valence-corrected chi connectivity index (χ0v) is 15.8. The number of benzene rings is 2. The third kappa shape index (κ3) is 4.71. The number of aromatic nitrogens is 1. The maximum atomic E-state index is 12.1. The van der Waals surface area contributed by atoms with Gasteiger partial charge in [-0.3, -0.25) is 20.6 Å². The van der Waals surface area contributed by atoms with Gasteiger partial charge in [0.25, 0.3) is 0 Å². The molecule has 1 amide bonds. The van der Waals surface area contributed by atoms with E-state index in [-0.39, 0.29) is 11.7 Å². The number of pyridine rings is 1. The van der Waals surface area contributed by atoms with Gasteiger partial charge in [-0.25, -0.2) is 0 Å². The van der Waals surface area contributed by atoms with E-state index in [0.29, 0.717) is 5.11 Å². The number of para-hydroxylation sites is 2. The number of nitrogens with one attached hydrogen (secondary N) is 3. The van der Waals surface area contributed by atoms with Crippen LogP contribution in [0, 0.1) is 6.92 Å². The number of hydrogen-bond donors (Lipinski definition) is 3. The molecular weight excluding hydrogens is 364 g/mol. The van der Waals surface area contributed by atoms with Gasteiger partial charge >= 0.3 is 0 Å². The first kappa shape index (κ1) is 18.2. The Labute approximate surface area is 161 Å². The molecule has 0 saturated heterocycles. The number of aryl methyl sites for hydroxylation is 1. The van der Waals surface area contributed by atoms with Crippen LogP contribution in [0.1, 0.15) is 5.56 Å². The molecule has 3 rings (SSSR count). The molecule has 0 fully saturated rings. The smallest absolute Gasteiger partial charge is 0.248 e. The number of thiocarbonyl (C=S) groups is 1. The monoisotopic (exact) mass is 382 g/mol. The molecule has 0 radical (unpaired) electrons. The quantitative estimate of drug-likeness (QED) is 0.364. The summed E-state index contributed by atoms with van der Waals surface area (Å²) in [5.74, 6) is 0.0900. The van der Waals surface area contributed by atoms with Crippen molar-refractivity contribution >= 4 is 51.6 Å². The van der Waals surface area contributed by atoms with Gasteiger partial charge in [0, 0.05) is 22.2 Å². The van der Waals surface area contributed by atoms with Gasteiger partial charge in [0.1, 0.15) is 0 Å². The number of anilines is 1. The highest BCUT2D eigenvalue weighted by Crippen LogP contribution is 2.25. The number of carbonyl (C=O) groups excluding carboxylic acids is 1. The standard InChI is InChI=1S/C19H18N4OS2/c1-13-6-2-3-9-15(13)21-19(25)23-22-17(24)12-26-16-10-4-7-14-8-5-11-20-18(14)16/h2-11H,12H2,1H3,(H,22,24)(H2,21,23,25). The Balaban J connectivity index is 1.50. The van der Waals surface area contributed by atoms with Crippen LogP contribution in [0.5, 0.6) is 0 Å². The zero-order chi connectivity index (χ0) is 18.4. The highest BCUT2D eigenvalue weighted by molar-refractivity contribution is 8.00. The van der Waals surface area contributed by atoms with E-state index in [1.807, 2.05) is 61.5 Å².